The molecule has 5 aromatic carbocycles. The normalized spacial score (nSPS) is 9.72. The highest BCUT2D eigenvalue weighted by Gasteiger charge is 2.06. The smallest absolute Gasteiger partial charge is 0.161 e. The summed E-state index contributed by atoms with van der Waals surface area (Å²) < 4.78 is 50.4. The first kappa shape index (κ1) is 39.8. The lowest BCUT2D eigenvalue weighted by molar-refractivity contribution is 0.497. The van der Waals surface area contributed by atoms with Crippen molar-refractivity contribution < 1.29 is 17.6 Å². The Hall–Kier alpha value is -4.18. The molecule has 5 rings (SSSR count). The van der Waals surface area contributed by atoms with E-state index in [9.17, 15) is 17.6 Å². The van der Waals surface area contributed by atoms with Gasteiger partial charge in [-0.15, -0.1) is 0 Å². The minimum absolute atomic E-state index is 0.116. The highest BCUT2D eigenvalue weighted by atomic mass is 19.2. The summed E-state index contributed by atoms with van der Waals surface area (Å²) in [4.78, 5) is 0. The summed E-state index contributed by atoms with van der Waals surface area (Å²) in [5.74, 6) is -1.70. The van der Waals surface area contributed by atoms with Gasteiger partial charge < -0.3 is 0 Å². The van der Waals surface area contributed by atoms with Crippen molar-refractivity contribution >= 4 is 0 Å². The van der Waals surface area contributed by atoms with E-state index in [1.165, 1.54) is 53.8 Å². The third-order valence-electron chi connectivity index (χ3n) is 7.23. The molecule has 0 bridgehead atoms. The quantitative estimate of drug-likeness (QED) is 0.162. The van der Waals surface area contributed by atoms with Crippen LogP contribution < -0.4 is 0 Å². The van der Waals surface area contributed by atoms with Crippen LogP contribution in [0, 0.1) is 92.5 Å². The van der Waals surface area contributed by atoms with Crippen LogP contribution in [0.5, 0.6) is 0 Å². The van der Waals surface area contributed by atoms with E-state index >= 15 is 0 Å². The van der Waals surface area contributed by atoms with Crippen LogP contribution in [-0.4, -0.2) is 0 Å². The van der Waals surface area contributed by atoms with Crippen molar-refractivity contribution in [1.29, 1.82) is 0 Å². The molecule has 0 saturated carbocycles. The minimum Gasteiger partial charge on any atom is -0.207 e. The predicted octanol–water partition coefficient (Wildman–Crippen LogP) is 12.6. The molecule has 46 heavy (non-hydrogen) atoms. The van der Waals surface area contributed by atoms with Crippen LogP contribution in [0.1, 0.15) is 68.1 Å². The molecule has 0 aliphatic heterocycles. The molecule has 0 N–H and O–H groups in total. The summed E-state index contributed by atoms with van der Waals surface area (Å²) in [5, 5.41) is 0. The summed E-state index contributed by atoms with van der Waals surface area (Å²) in [6.45, 7) is 21.0. The van der Waals surface area contributed by atoms with Crippen LogP contribution in [0.25, 0.3) is 0 Å². The molecule has 0 unspecified atom stereocenters. The molecule has 0 aliphatic rings. The zero-order chi connectivity index (χ0) is 35.0. The SMILES string of the molecule is CCc1cc(C)ccc1C.Cc1ccc(C)c(F)c1.Cc1ccc(C)c(F)c1.Cc1ccc(C)c(F)c1F.Cc1ccc(C)cc1. The second-order valence-electron chi connectivity index (χ2n) is 11.8. The summed E-state index contributed by atoms with van der Waals surface area (Å²) >= 11 is 0. The monoisotopic (exact) mass is 630 g/mol. The number of aryl methyl sites for hydroxylation is 11. The predicted molar refractivity (Wildman–Crippen MR) is 189 cm³/mol. The molecule has 5 aromatic rings. The van der Waals surface area contributed by atoms with Gasteiger partial charge in [0.15, 0.2) is 11.6 Å². The van der Waals surface area contributed by atoms with Gasteiger partial charge in [-0.05, 0) is 132 Å². The molecular formula is C42H50F4. The number of benzene rings is 5. The maximum Gasteiger partial charge on any atom is 0.161 e. The Balaban J connectivity index is 0.000000288. The van der Waals surface area contributed by atoms with Crippen LogP contribution in [0.4, 0.5) is 17.6 Å². The van der Waals surface area contributed by atoms with Gasteiger partial charge in [0.2, 0.25) is 0 Å². The first-order valence-electron chi connectivity index (χ1n) is 15.5. The molecule has 0 amide bonds. The van der Waals surface area contributed by atoms with Gasteiger partial charge in [0, 0.05) is 0 Å². The van der Waals surface area contributed by atoms with E-state index in [0.29, 0.717) is 22.3 Å². The second-order valence-corrected chi connectivity index (χ2v) is 11.8. The molecule has 0 radical (unpaired) electrons. The third kappa shape index (κ3) is 14.7. The summed E-state index contributed by atoms with van der Waals surface area (Å²) in [5.41, 5.74) is 11.0. The molecule has 0 nitrogen and oxygen atoms in total. The summed E-state index contributed by atoms with van der Waals surface area (Å²) in [6.07, 6.45) is 1.15. The Bertz CT molecular complexity index is 1550. The molecule has 0 spiro atoms. The molecule has 0 heterocycles. The van der Waals surface area contributed by atoms with E-state index in [4.69, 9.17) is 0 Å². The van der Waals surface area contributed by atoms with E-state index in [2.05, 4.69) is 77.1 Å². The molecule has 0 saturated heterocycles. The molecule has 0 aromatic heterocycles. The van der Waals surface area contributed by atoms with Gasteiger partial charge in [-0.1, -0.05) is 102 Å². The molecule has 0 aliphatic carbocycles. The van der Waals surface area contributed by atoms with Crippen LogP contribution in [0.15, 0.2) is 91.0 Å². The lowest BCUT2D eigenvalue weighted by atomic mass is 10.0. The largest absolute Gasteiger partial charge is 0.207 e. The first-order chi connectivity index (χ1) is 21.5. The fourth-order valence-corrected chi connectivity index (χ4v) is 3.96. The highest BCUT2D eigenvalue weighted by molar-refractivity contribution is 5.30. The maximum atomic E-state index is 12.6. The van der Waals surface area contributed by atoms with Gasteiger partial charge in [-0.3, -0.25) is 0 Å². The highest BCUT2D eigenvalue weighted by Crippen LogP contribution is 2.14. The van der Waals surface area contributed by atoms with Crippen molar-refractivity contribution in [2.45, 2.75) is 82.6 Å². The molecule has 0 fully saturated rings. The number of hydrogen-bond donors (Lipinski definition) is 0. The van der Waals surface area contributed by atoms with Crippen molar-refractivity contribution in [3.05, 3.63) is 175 Å². The van der Waals surface area contributed by atoms with Gasteiger partial charge in [0.1, 0.15) is 11.6 Å². The van der Waals surface area contributed by atoms with E-state index in [-0.39, 0.29) is 11.6 Å². The van der Waals surface area contributed by atoms with E-state index < -0.39 is 11.6 Å². The molecule has 246 valence electrons. The third-order valence-corrected chi connectivity index (χ3v) is 7.23. The topological polar surface area (TPSA) is 0 Å². The maximum absolute atomic E-state index is 12.6. The number of halogens is 4. The lowest BCUT2D eigenvalue weighted by Crippen LogP contribution is -1.91. The van der Waals surface area contributed by atoms with Crippen LogP contribution >= 0.6 is 0 Å². The van der Waals surface area contributed by atoms with Crippen LogP contribution in [0.3, 0.4) is 0 Å². The Morgan fingerprint density at radius 2 is 0.630 bits per heavy atom. The first-order valence-corrected chi connectivity index (χ1v) is 15.5. The minimum atomic E-state index is -0.736. The lowest BCUT2D eigenvalue weighted by Gasteiger charge is -2.02. The molecular weight excluding hydrogens is 580 g/mol. The summed E-state index contributed by atoms with van der Waals surface area (Å²) in [6, 6.07) is 28.7. The standard InChI is InChI=1S/C10H14.C8H8F2.2C8H9F.C8H10/c1-4-10-7-8(2)5-6-9(10)3;1-5-3-4-6(2)8(10)7(5)9;2*1-6-3-4-7(2)8(9)5-6;1-7-3-5-8(2)6-4-7/h5-7H,4H2,1-3H3;3-4H,1-2H3;2*3-5H,1-2H3;3-6H,1-2H3. The van der Waals surface area contributed by atoms with Crippen molar-refractivity contribution in [3.8, 4) is 0 Å². The Morgan fingerprint density at radius 1 is 0.348 bits per heavy atom. The Kier molecular flexibility index (Phi) is 17.4. The number of rotatable bonds is 1. The van der Waals surface area contributed by atoms with Crippen molar-refractivity contribution in [2.75, 3.05) is 0 Å². The van der Waals surface area contributed by atoms with Gasteiger partial charge in [0.25, 0.3) is 0 Å². The fourth-order valence-electron chi connectivity index (χ4n) is 3.96. The Labute approximate surface area is 275 Å². The van der Waals surface area contributed by atoms with E-state index in [1.54, 1.807) is 38.1 Å². The van der Waals surface area contributed by atoms with Gasteiger partial charge in [-0.25, -0.2) is 17.6 Å². The van der Waals surface area contributed by atoms with E-state index in [0.717, 1.165) is 17.5 Å². The average Bonchev–Trinajstić information content (AvgIpc) is 3.02. The second kappa shape index (κ2) is 20.0. The van der Waals surface area contributed by atoms with Crippen molar-refractivity contribution in [1.82, 2.24) is 0 Å². The van der Waals surface area contributed by atoms with Crippen molar-refractivity contribution in [3.63, 3.8) is 0 Å². The van der Waals surface area contributed by atoms with Crippen LogP contribution in [0.2, 0.25) is 0 Å². The zero-order valence-corrected chi connectivity index (χ0v) is 29.4. The fraction of sp³-hybridized carbons (Fsp3) is 0.286. The van der Waals surface area contributed by atoms with Crippen LogP contribution in [-0.2, 0) is 6.42 Å². The molecule has 4 heteroatoms. The van der Waals surface area contributed by atoms with E-state index in [1.807, 2.05) is 26.0 Å². The van der Waals surface area contributed by atoms with Crippen molar-refractivity contribution in [2.24, 2.45) is 0 Å². The zero-order valence-electron chi connectivity index (χ0n) is 29.4. The average molecular weight is 631 g/mol. The Morgan fingerprint density at radius 3 is 0.913 bits per heavy atom. The van der Waals surface area contributed by atoms with Gasteiger partial charge in [0.05, 0.1) is 0 Å². The molecule has 0 atom stereocenters. The summed E-state index contributed by atoms with van der Waals surface area (Å²) in [7, 11) is 0. The van der Waals surface area contributed by atoms with Gasteiger partial charge >= 0.3 is 0 Å². The van der Waals surface area contributed by atoms with Gasteiger partial charge in [-0.2, -0.15) is 0 Å². The number of hydrogen-bond acceptors (Lipinski definition) is 0.